The Balaban J connectivity index is 1.80. The Hall–Kier alpha value is -1.39. The van der Waals surface area contributed by atoms with E-state index < -0.39 is 0 Å². The molecular formula is C14H17ClN2O2. The monoisotopic (exact) mass is 280 g/mol. The number of anilines is 1. The molecule has 1 aromatic rings. The van der Waals surface area contributed by atoms with Crippen molar-refractivity contribution in [2.45, 2.75) is 12.8 Å². The Bertz CT molecular complexity index is 457. The van der Waals surface area contributed by atoms with Gasteiger partial charge in [0.05, 0.1) is 6.54 Å². The molecule has 0 unspecified atom stereocenters. The molecule has 1 N–H and O–H groups in total. The SMILES string of the molecule is O=CC1CCN(CC(=O)Nc2cccc(Cl)c2)CC1. The number of likely N-dealkylation sites (tertiary alicyclic amines) is 1. The van der Waals surface area contributed by atoms with Crippen LogP contribution in [0.1, 0.15) is 12.8 Å². The van der Waals surface area contributed by atoms with Crippen molar-refractivity contribution in [3.8, 4) is 0 Å². The maximum atomic E-state index is 11.9. The number of amides is 1. The lowest BCUT2D eigenvalue weighted by molar-refractivity contribution is -0.117. The first kappa shape index (κ1) is 14.0. The van der Waals surface area contributed by atoms with Crippen LogP contribution in [0.2, 0.25) is 5.02 Å². The van der Waals surface area contributed by atoms with Crippen molar-refractivity contribution >= 4 is 29.5 Å². The number of halogens is 1. The summed E-state index contributed by atoms with van der Waals surface area (Å²) in [4.78, 5) is 24.6. The Morgan fingerprint density at radius 2 is 2.16 bits per heavy atom. The van der Waals surface area contributed by atoms with Crippen LogP contribution >= 0.6 is 11.6 Å². The molecule has 0 bridgehead atoms. The molecule has 1 aromatic carbocycles. The Morgan fingerprint density at radius 3 is 2.79 bits per heavy atom. The summed E-state index contributed by atoms with van der Waals surface area (Å²) in [5.41, 5.74) is 0.709. The summed E-state index contributed by atoms with van der Waals surface area (Å²) >= 11 is 5.86. The smallest absolute Gasteiger partial charge is 0.238 e. The number of nitrogens with one attached hydrogen (secondary N) is 1. The zero-order valence-corrected chi connectivity index (χ0v) is 11.4. The molecule has 0 radical (unpaired) electrons. The normalized spacial score (nSPS) is 17.1. The molecule has 0 atom stereocenters. The van der Waals surface area contributed by atoms with Gasteiger partial charge in [-0.05, 0) is 44.1 Å². The van der Waals surface area contributed by atoms with E-state index in [1.54, 1.807) is 18.2 Å². The number of hydrogen-bond donors (Lipinski definition) is 1. The van der Waals surface area contributed by atoms with Gasteiger partial charge in [0.15, 0.2) is 0 Å². The third-order valence-electron chi connectivity index (χ3n) is 3.30. The van der Waals surface area contributed by atoms with E-state index in [2.05, 4.69) is 10.2 Å². The van der Waals surface area contributed by atoms with Gasteiger partial charge in [0.1, 0.15) is 6.29 Å². The topological polar surface area (TPSA) is 49.4 Å². The molecule has 19 heavy (non-hydrogen) atoms. The molecule has 5 heteroatoms. The summed E-state index contributed by atoms with van der Waals surface area (Å²) in [6.45, 7) is 1.96. The first-order valence-electron chi connectivity index (χ1n) is 6.40. The van der Waals surface area contributed by atoms with Gasteiger partial charge in [-0.25, -0.2) is 0 Å². The molecule has 1 aliphatic rings. The van der Waals surface area contributed by atoms with Crippen LogP contribution in [0.3, 0.4) is 0 Å². The number of nitrogens with zero attached hydrogens (tertiary/aromatic N) is 1. The number of benzene rings is 1. The van der Waals surface area contributed by atoms with E-state index >= 15 is 0 Å². The predicted octanol–water partition coefficient (Wildman–Crippen LogP) is 2.19. The number of piperidine rings is 1. The summed E-state index contributed by atoms with van der Waals surface area (Å²) in [5.74, 6) is 0.110. The van der Waals surface area contributed by atoms with Crippen LogP contribution in [0.4, 0.5) is 5.69 Å². The van der Waals surface area contributed by atoms with Gasteiger partial charge in [-0.3, -0.25) is 9.69 Å². The Morgan fingerprint density at radius 1 is 1.42 bits per heavy atom. The number of hydrogen-bond acceptors (Lipinski definition) is 3. The van der Waals surface area contributed by atoms with Gasteiger partial charge in [0.2, 0.25) is 5.91 Å². The van der Waals surface area contributed by atoms with Crippen molar-refractivity contribution in [3.05, 3.63) is 29.3 Å². The molecule has 0 aliphatic carbocycles. The summed E-state index contributed by atoms with van der Waals surface area (Å²) in [7, 11) is 0. The zero-order chi connectivity index (χ0) is 13.7. The van der Waals surface area contributed by atoms with Crippen molar-refractivity contribution in [2.24, 2.45) is 5.92 Å². The minimum atomic E-state index is -0.0492. The molecule has 0 spiro atoms. The molecule has 1 saturated heterocycles. The summed E-state index contributed by atoms with van der Waals surface area (Å²) in [5, 5.41) is 3.42. The van der Waals surface area contributed by atoms with Gasteiger partial charge in [-0.2, -0.15) is 0 Å². The second-order valence-electron chi connectivity index (χ2n) is 4.81. The van der Waals surface area contributed by atoms with Crippen LogP contribution in [-0.4, -0.2) is 36.7 Å². The highest BCUT2D eigenvalue weighted by Crippen LogP contribution is 2.16. The lowest BCUT2D eigenvalue weighted by atomic mass is 9.99. The Labute approximate surface area is 117 Å². The predicted molar refractivity (Wildman–Crippen MR) is 75.3 cm³/mol. The maximum Gasteiger partial charge on any atom is 0.238 e. The molecule has 0 saturated carbocycles. The van der Waals surface area contributed by atoms with Crippen molar-refractivity contribution in [3.63, 3.8) is 0 Å². The average Bonchev–Trinajstić information content (AvgIpc) is 2.39. The molecule has 2 rings (SSSR count). The van der Waals surface area contributed by atoms with Crippen LogP contribution in [0.15, 0.2) is 24.3 Å². The molecular weight excluding hydrogens is 264 g/mol. The fourth-order valence-electron chi connectivity index (χ4n) is 2.22. The first-order chi connectivity index (χ1) is 9.17. The molecule has 0 aromatic heterocycles. The van der Waals surface area contributed by atoms with Crippen LogP contribution in [0.25, 0.3) is 0 Å². The van der Waals surface area contributed by atoms with E-state index in [1.807, 2.05) is 6.07 Å². The van der Waals surface area contributed by atoms with Gasteiger partial charge >= 0.3 is 0 Å². The molecule has 4 nitrogen and oxygen atoms in total. The van der Waals surface area contributed by atoms with E-state index in [4.69, 9.17) is 11.6 Å². The van der Waals surface area contributed by atoms with Gasteiger partial charge in [0, 0.05) is 16.6 Å². The quantitative estimate of drug-likeness (QED) is 0.860. The third kappa shape index (κ3) is 4.33. The van der Waals surface area contributed by atoms with E-state index in [0.717, 1.165) is 32.2 Å². The number of carbonyl (C=O) groups is 2. The van der Waals surface area contributed by atoms with Crippen LogP contribution in [0, 0.1) is 5.92 Å². The minimum absolute atomic E-state index is 0.0492. The van der Waals surface area contributed by atoms with Crippen LogP contribution < -0.4 is 5.32 Å². The second kappa shape index (κ2) is 6.68. The molecule has 1 amide bonds. The first-order valence-corrected chi connectivity index (χ1v) is 6.78. The van der Waals surface area contributed by atoms with Crippen molar-refractivity contribution in [1.29, 1.82) is 0 Å². The highest BCUT2D eigenvalue weighted by atomic mass is 35.5. The number of aldehydes is 1. The van der Waals surface area contributed by atoms with E-state index in [-0.39, 0.29) is 11.8 Å². The summed E-state index contributed by atoms with van der Waals surface area (Å²) in [6.07, 6.45) is 2.70. The largest absolute Gasteiger partial charge is 0.325 e. The lowest BCUT2D eigenvalue weighted by Gasteiger charge is -2.28. The Kier molecular flexibility index (Phi) is 4.93. The average molecular weight is 281 g/mol. The van der Waals surface area contributed by atoms with Gasteiger partial charge in [0.25, 0.3) is 0 Å². The van der Waals surface area contributed by atoms with Crippen molar-refractivity contribution in [1.82, 2.24) is 4.90 Å². The molecule has 102 valence electrons. The minimum Gasteiger partial charge on any atom is -0.325 e. The zero-order valence-electron chi connectivity index (χ0n) is 10.6. The number of rotatable bonds is 4. The number of carbonyl (C=O) groups excluding carboxylic acids is 2. The van der Waals surface area contributed by atoms with Gasteiger partial charge < -0.3 is 10.1 Å². The van der Waals surface area contributed by atoms with Gasteiger partial charge in [-0.1, -0.05) is 17.7 Å². The molecule has 1 heterocycles. The van der Waals surface area contributed by atoms with Crippen molar-refractivity contribution in [2.75, 3.05) is 25.0 Å². The van der Waals surface area contributed by atoms with Crippen molar-refractivity contribution < 1.29 is 9.59 Å². The van der Waals surface area contributed by atoms with Crippen LogP contribution in [-0.2, 0) is 9.59 Å². The highest BCUT2D eigenvalue weighted by molar-refractivity contribution is 6.30. The summed E-state index contributed by atoms with van der Waals surface area (Å²) < 4.78 is 0. The second-order valence-corrected chi connectivity index (χ2v) is 5.24. The third-order valence-corrected chi connectivity index (χ3v) is 3.54. The molecule has 1 aliphatic heterocycles. The standard InChI is InChI=1S/C14H17ClN2O2/c15-12-2-1-3-13(8-12)16-14(19)9-17-6-4-11(10-18)5-7-17/h1-3,8,10-11H,4-7,9H2,(H,16,19). The lowest BCUT2D eigenvalue weighted by Crippen LogP contribution is -2.39. The summed E-state index contributed by atoms with van der Waals surface area (Å²) in [6, 6.07) is 7.09. The van der Waals surface area contributed by atoms with Gasteiger partial charge in [-0.15, -0.1) is 0 Å². The maximum absolute atomic E-state index is 11.9. The fourth-order valence-corrected chi connectivity index (χ4v) is 2.41. The molecule has 1 fully saturated rings. The highest BCUT2D eigenvalue weighted by Gasteiger charge is 2.20. The van der Waals surface area contributed by atoms with E-state index in [0.29, 0.717) is 17.3 Å². The van der Waals surface area contributed by atoms with E-state index in [1.165, 1.54) is 0 Å². The fraction of sp³-hybridized carbons (Fsp3) is 0.429. The van der Waals surface area contributed by atoms with Crippen LogP contribution in [0.5, 0.6) is 0 Å². The van der Waals surface area contributed by atoms with E-state index in [9.17, 15) is 9.59 Å².